The van der Waals surface area contributed by atoms with Crippen LogP contribution in [0.4, 0.5) is 0 Å². The molecule has 0 N–H and O–H groups in total. The summed E-state index contributed by atoms with van der Waals surface area (Å²) in [5, 5.41) is 8.88. The van der Waals surface area contributed by atoms with Crippen molar-refractivity contribution < 1.29 is 14.3 Å². The summed E-state index contributed by atoms with van der Waals surface area (Å²) < 4.78 is 10.8. The summed E-state index contributed by atoms with van der Waals surface area (Å²) in [5.41, 5.74) is -1.22. The Morgan fingerprint density at radius 2 is 1.32 bits per heavy atom. The molecule has 2 rings (SSSR count). The Hall–Kier alpha value is -0.970. The van der Waals surface area contributed by atoms with Crippen molar-refractivity contribution in [3.8, 4) is 0 Å². The minimum atomic E-state index is -0.733. The van der Waals surface area contributed by atoms with Crippen LogP contribution in [0.2, 0.25) is 0 Å². The fourth-order valence-electron chi connectivity index (χ4n) is 3.07. The van der Waals surface area contributed by atoms with E-state index in [0.29, 0.717) is 6.47 Å². The molecule has 0 bridgehead atoms. The van der Waals surface area contributed by atoms with Crippen LogP contribution in [0.1, 0.15) is 64.2 Å². The largest absolute Gasteiger partial charge is 0.438 e. The number of nitrogens with zero attached hydrogens (tertiary/aromatic N) is 2. The van der Waals surface area contributed by atoms with Crippen LogP contribution in [0.3, 0.4) is 0 Å². The Labute approximate surface area is 114 Å². The topological polar surface area (TPSA) is 60.3 Å². The van der Waals surface area contributed by atoms with Gasteiger partial charge < -0.3 is 9.47 Å². The Bertz CT molecular complexity index is 319. The van der Waals surface area contributed by atoms with E-state index in [9.17, 15) is 4.79 Å². The molecule has 2 saturated carbocycles. The summed E-state index contributed by atoms with van der Waals surface area (Å²) in [4.78, 5) is 10.7. The number of ether oxygens (including phenoxy) is 2. The molecule has 0 heterocycles. The average molecular weight is 268 g/mol. The van der Waals surface area contributed by atoms with Gasteiger partial charge in [0.05, 0.1) is 0 Å². The average Bonchev–Trinajstić information content (AvgIpc) is 2.48. The first-order chi connectivity index (χ1) is 9.24. The second kappa shape index (κ2) is 6.46. The summed E-state index contributed by atoms with van der Waals surface area (Å²) in [7, 11) is 1.69. The molecule has 0 saturated heterocycles. The van der Waals surface area contributed by atoms with E-state index in [2.05, 4.69) is 10.2 Å². The zero-order valence-corrected chi connectivity index (χ0v) is 11.8. The zero-order chi connectivity index (χ0) is 13.6. The van der Waals surface area contributed by atoms with Crippen LogP contribution in [0.25, 0.3) is 0 Å². The van der Waals surface area contributed by atoms with Gasteiger partial charge in [-0.3, -0.25) is 4.79 Å². The zero-order valence-electron chi connectivity index (χ0n) is 11.8. The highest BCUT2D eigenvalue weighted by Crippen LogP contribution is 2.37. The molecule has 0 amide bonds. The predicted octanol–water partition coefficient (Wildman–Crippen LogP) is 3.58. The van der Waals surface area contributed by atoms with E-state index in [1.165, 1.54) is 12.8 Å². The van der Waals surface area contributed by atoms with Crippen molar-refractivity contribution in [3.63, 3.8) is 0 Å². The monoisotopic (exact) mass is 268 g/mol. The van der Waals surface area contributed by atoms with Gasteiger partial charge in [0.15, 0.2) is 5.72 Å². The highest BCUT2D eigenvalue weighted by atomic mass is 16.6. The first-order valence-electron chi connectivity index (χ1n) is 7.35. The summed E-state index contributed by atoms with van der Waals surface area (Å²) in [5.74, 6) is 0. The van der Waals surface area contributed by atoms with Crippen molar-refractivity contribution >= 4 is 6.47 Å². The van der Waals surface area contributed by atoms with Gasteiger partial charge in [-0.25, -0.2) is 0 Å². The van der Waals surface area contributed by atoms with E-state index >= 15 is 0 Å². The van der Waals surface area contributed by atoms with Crippen LogP contribution >= 0.6 is 0 Å². The van der Waals surface area contributed by atoms with Gasteiger partial charge in [-0.2, -0.15) is 5.11 Å². The number of methoxy groups -OCH3 is 1. The molecule has 2 aliphatic carbocycles. The number of carbonyl (C=O) groups excluding carboxylic acids is 1. The van der Waals surface area contributed by atoms with Crippen LogP contribution in [0.15, 0.2) is 10.2 Å². The van der Waals surface area contributed by atoms with E-state index in [-0.39, 0.29) is 0 Å². The summed E-state index contributed by atoms with van der Waals surface area (Å²) in [6.45, 7) is 0.505. The lowest BCUT2D eigenvalue weighted by molar-refractivity contribution is -0.148. The van der Waals surface area contributed by atoms with Gasteiger partial charge in [-0.1, -0.05) is 12.8 Å². The molecule has 0 atom stereocenters. The Kier molecular flexibility index (Phi) is 4.91. The smallest absolute Gasteiger partial charge is 0.295 e. The lowest BCUT2D eigenvalue weighted by Crippen LogP contribution is -2.36. The van der Waals surface area contributed by atoms with Crippen molar-refractivity contribution in [2.45, 2.75) is 75.7 Å². The van der Waals surface area contributed by atoms with Gasteiger partial charge in [0, 0.05) is 20.0 Å². The van der Waals surface area contributed by atoms with Gasteiger partial charge in [-0.05, 0) is 38.5 Å². The maximum Gasteiger partial charge on any atom is 0.295 e. The van der Waals surface area contributed by atoms with Crippen molar-refractivity contribution in [1.82, 2.24) is 0 Å². The number of rotatable bonds is 5. The van der Waals surface area contributed by atoms with E-state index in [0.717, 1.165) is 51.4 Å². The van der Waals surface area contributed by atoms with Crippen molar-refractivity contribution in [1.29, 1.82) is 0 Å². The molecule has 2 fully saturated rings. The van der Waals surface area contributed by atoms with E-state index < -0.39 is 11.4 Å². The molecule has 0 aromatic rings. The van der Waals surface area contributed by atoms with Gasteiger partial charge in [0.25, 0.3) is 6.47 Å². The quantitative estimate of drug-likeness (QED) is 0.565. The molecule has 0 aliphatic heterocycles. The molecular formula is C14H24N2O3. The van der Waals surface area contributed by atoms with Crippen LogP contribution in [-0.4, -0.2) is 25.0 Å². The van der Waals surface area contributed by atoms with E-state index in [1.54, 1.807) is 7.11 Å². The lowest BCUT2D eigenvalue weighted by Gasteiger charge is -2.34. The number of azo groups is 1. The second-order valence-electron chi connectivity index (χ2n) is 5.63. The SMILES string of the molecule is COC1(N=NC2(OC=O)CCCCC2)CCCCC1. The third kappa shape index (κ3) is 3.53. The van der Waals surface area contributed by atoms with Gasteiger partial charge >= 0.3 is 0 Å². The molecule has 0 radical (unpaired) electrons. The molecule has 0 aromatic carbocycles. The third-order valence-electron chi connectivity index (χ3n) is 4.33. The Morgan fingerprint density at radius 3 is 1.79 bits per heavy atom. The molecule has 0 unspecified atom stereocenters. The minimum absolute atomic E-state index is 0.491. The molecule has 108 valence electrons. The summed E-state index contributed by atoms with van der Waals surface area (Å²) in [6.07, 6.45) is 10.1. The fraction of sp³-hybridized carbons (Fsp3) is 0.929. The molecule has 5 nitrogen and oxygen atoms in total. The van der Waals surface area contributed by atoms with Gasteiger partial charge in [-0.15, -0.1) is 5.11 Å². The molecular weight excluding hydrogens is 244 g/mol. The Morgan fingerprint density at radius 1 is 0.842 bits per heavy atom. The van der Waals surface area contributed by atoms with E-state index in [4.69, 9.17) is 9.47 Å². The predicted molar refractivity (Wildman–Crippen MR) is 70.6 cm³/mol. The van der Waals surface area contributed by atoms with Gasteiger partial charge in [0.1, 0.15) is 0 Å². The summed E-state index contributed by atoms with van der Waals surface area (Å²) >= 11 is 0. The van der Waals surface area contributed by atoms with Gasteiger partial charge in [0.2, 0.25) is 5.72 Å². The number of carbonyl (C=O) groups is 1. The van der Waals surface area contributed by atoms with Crippen LogP contribution in [-0.2, 0) is 14.3 Å². The first-order valence-corrected chi connectivity index (χ1v) is 7.35. The maximum atomic E-state index is 10.7. The minimum Gasteiger partial charge on any atom is -0.438 e. The van der Waals surface area contributed by atoms with Crippen molar-refractivity contribution in [3.05, 3.63) is 0 Å². The number of hydrogen-bond donors (Lipinski definition) is 0. The lowest BCUT2D eigenvalue weighted by atomic mass is 9.91. The van der Waals surface area contributed by atoms with E-state index in [1.807, 2.05) is 0 Å². The molecule has 2 aliphatic rings. The highest BCUT2D eigenvalue weighted by molar-refractivity contribution is 5.38. The normalized spacial score (nSPS) is 26.2. The standard InChI is InChI=1S/C14H24N2O3/c1-18-13(8-4-2-5-9-13)15-16-14(19-12-17)10-6-3-7-11-14/h12H,2-11H2,1H3. The third-order valence-corrected chi connectivity index (χ3v) is 4.33. The molecule has 0 spiro atoms. The summed E-state index contributed by atoms with van der Waals surface area (Å²) in [6, 6.07) is 0. The van der Waals surface area contributed by atoms with Crippen molar-refractivity contribution in [2.75, 3.05) is 7.11 Å². The highest BCUT2D eigenvalue weighted by Gasteiger charge is 2.37. The Balaban J connectivity index is 2.09. The maximum absolute atomic E-state index is 10.7. The molecule has 5 heteroatoms. The molecule has 0 aromatic heterocycles. The van der Waals surface area contributed by atoms with Crippen molar-refractivity contribution in [2.24, 2.45) is 10.2 Å². The van der Waals surface area contributed by atoms with Crippen LogP contribution < -0.4 is 0 Å². The number of hydrogen-bond acceptors (Lipinski definition) is 5. The first kappa shape index (κ1) is 14.4. The second-order valence-corrected chi connectivity index (χ2v) is 5.63. The van der Waals surface area contributed by atoms with Crippen LogP contribution in [0, 0.1) is 0 Å². The fourth-order valence-corrected chi connectivity index (χ4v) is 3.07. The molecule has 19 heavy (non-hydrogen) atoms. The van der Waals surface area contributed by atoms with Crippen LogP contribution in [0.5, 0.6) is 0 Å².